The molecule has 3 rings (SSSR count). The van der Waals surface area contributed by atoms with Gasteiger partial charge in [-0.2, -0.15) is 0 Å². The topological polar surface area (TPSA) is 44.4 Å². The highest BCUT2D eigenvalue weighted by molar-refractivity contribution is 6.33. The van der Waals surface area contributed by atoms with Gasteiger partial charge in [0.25, 0.3) is 0 Å². The largest absolute Gasteiger partial charge is 0.370 e. The quantitative estimate of drug-likeness (QED) is 0.815. The molecule has 4 atom stereocenters. The van der Waals surface area contributed by atoms with Gasteiger partial charge in [0.05, 0.1) is 16.8 Å². The summed E-state index contributed by atoms with van der Waals surface area (Å²) in [7, 11) is 1.87. The van der Waals surface area contributed by atoms with E-state index >= 15 is 0 Å². The lowest BCUT2D eigenvalue weighted by Crippen LogP contribution is -2.49. The van der Waals surface area contributed by atoms with E-state index < -0.39 is 0 Å². The molecule has 1 saturated carbocycles. The first-order chi connectivity index (χ1) is 12.0. The van der Waals surface area contributed by atoms with Gasteiger partial charge in [-0.15, -0.1) is 0 Å². The van der Waals surface area contributed by atoms with Gasteiger partial charge in [-0.25, -0.2) is 0 Å². The second-order valence-electron chi connectivity index (χ2n) is 7.94. The maximum absolute atomic E-state index is 12.7. The van der Waals surface area contributed by atoms with Crippen LogP contribution in [0, 0.1) is 17.8 Å². The number of halogens is 1. The number of carbonyl (C=O) groups is 1. The highest BCUT2D eigenvalue weighted by atomic mass is 35.5. The van der Waals surface area contributed by atoms with Crippen LogP contribution in [-0.4, -0.2) is 38.1 Å². The number of nitrogens with one attached hydrogen (secondary N) is 2. The van der Waals surface area contributed by atoms with E-state index in [9.17, 15) is 4.79 Å². The average molecular weight is 364 g/mol. The van der Waals surface area contributed by atoms with Crippen molar-refractivity contribution < 1.29 is 4.79 Å². The number of para-hydroxylation sites is 1. The van der Waals surface area contributed by atoms with Crippen molar-refractivity contribution in [2.24, 2.45) is 17.8 Å². The second-order valence-corrected chi connectivity index (χ2v) is 8.35. The summed E-state index contributed by atoms with van der Waals surface area (Å²) in [4.78, 5) is 15.0. The molecule has 1 amide bonds. The normalized spacial score (nSPS) is 26.8. The molecule has 25 heavy (non-hydrogen) atoms. The molecular weight excluding hydrogens is 334 g/mol. The van der Waals surface area contributed by atoms with E-state index in [-0.39, 0.29) is 18.0 Å². The van der Waals surface area contributed by atoms with Crippen molar-refractivity contribution in [1.29, 1.82) is 0 Å². The molecule has 5 heteroatoms. The fraction of sp³-hybridized carbons (Fsp3) is 0.650. The van der Waals surface area contributed by atoms with Gasteiger partial charge in [0.15, 0.2) is 0 Å². The van der Waals surface area contributed by atoms with E-state index in [0.29, 0.717) is 17.8 Å². The summed E-state index contributed by atoms with van der Waals surface area (Å²) in [5, 5.41) is 7.32. The van der Waals surface area contributed by atoms with Crippen molar-refractivity contribution in [3.8, 4) is 0 Å². The van der Waals surface area contributed by atoms with Gasteiger partial charge in [-0.3, -0.25) is 4.79 Å². The zero-order valence-corrected chi connectivity index (χ0v) is 16.2. The Morgan fingerprint density at radius 1 is 1.28 bits per heavy atom. The van der Waals surface area contributed by atoms with Crippen LogP contribution in [0.25, 0.3) is 0 Å². The fourth-order valence-corrected chi connectivity index (χ4v) is 4.72. The molecule has 2 fully saturated rings. The molecule has 0 aromatic heterocycles. The minimum atomic E-state index is -0.0971. The van der Waals surface area contributed by atoms with Gasteiger partial charge >= 0.3 is 0 Å². The van der Waals surface area contributed by atoms with Crippen molar-refractivity contribution in [3.05, 3.63) is 29.3 Å². The van der Waals surface area contributed by atoms with Crippen molar-refractivity contribution in [1.82, 2.24) is 10.6 Å². The number of carbonyl (C=O) groups excluding carboxylic acids is 1. The molecule has 4 nitrogen and oxygen atoms in total. The maximum atomic E-state index is 12.7. The van der Waals surface area contributed by atoms with Crippen LogP contribution in [0.1, 0.15) is 33.1 Å². The van der Waals surface area contributed by atoms with E-state index in [2.05, 4.69) is 35.4 Å². The molecule has 1 saturated heterocycles. The van der Waals surface area contributed by atoms with E-state index in [1.807, 2.05) is 25.2 Å². The Bertz CT molecular complexity index is 606. The smallest absolute Gasteiger partial charge is 0.237 e. The lowest BCUT2D eigenvalue weighted by Gasteiger charge is -2.26. The number of rotatable bonds is 6. The first-order valence-electron chi connectivity index (χ1n) is 9.46. The summed E-state index contributed by atoms with van der Waals surface area (Å²) in [5.41, 5.74) is 1.12. The summed E-state index contributed by atoms with van der Waals surface area (Å²) in [6, 6.07) is 8.24. The molecule has 0 bridgehead atoms. The zero-order valence-electron chi connectivity index (χ0n) is 15.5. The number of nitrogens with zero attached hydrogens (tertiary/aromatic N) is 1. The van der Waals surface area contributed by atoms with Crippen molar-refractivity contribution in [2.45, 2.75) is 45.2 Å². The Kier molecular flexibility index (Phi) is 5.90. The average Bonchev–Trinajstić information content (AvgIpc) is 3.14. The number of hydrogen-bond acceptors (Lipinski definition) is 3. The Morgan fingerprint density at radius 2 is 2.04 bits per heavy atom. The van der Waals surface area contributed by atoms with Crippen LogP contribution in [0.4, 0.5) is 5.69 Å². The van der Waals surface area contributed by atoms with Gasteiger partial charge in [0, 0.05) is 25.0 Å². The van der Waals surface area contributed by atoms with Crippen LogP contribution < -0.4 is 15.5 Å². The SMILES string of the molecule is CN[C@@H](CC(C)C)C(=O)N[C@H]1CC[C@@H]2CN(c3ccccc3Cl)C[C@@H]21. The molecular formula is C20H30ClN3O. The molecule has 1 aromatic rings. The monoisotopic (exact) mass is 363 g/mol. The number of hydrogen-bond donors (Lipinski definition) is 2. The molecule has 0 unspecified atom stereocenters. The standard InChI is InChI=1S/C20H30ClN3O/c1-13(2)10-18(22-3)20(25)23-17-9-8-14-11-24(12-15(14)17)19-7-5-4-6-16(19)21/h4-7,13-15,17-18,22H,8-12H2,1-3H3,(H,23,25)/t14-,15+,17+,18+/m1/s1. The molecule has 1 aliphatic heterocycles. The third kappa shape index (κ3) is 4.12. The molecule has 2 N–H and O–H groups in total. The predicted molar refractivity (Wildman–Crippen MR) is 104 cm³/mol. The van der Waals surface area contributed by atoms with Gasteiger partial charge in [-0.05, 0) is 50.3 Å². The Labute approximate surface area is 156 Å². The molecule has 1 aromatic carbocycles. The van der Waals surface area contributed by atoms with Crippen molar-refractivity contribution in [2.75, 3.05) is 25.0 Å². The summed E-state index contributed by atoms with van der Waals surface area (Å²) in [5.74, 6) is 1.83. The molecule has 1 heterocycles. The lowest BCUT2D eigenvalue weighted by molar-refractivity contribution is -0.124. The second kappa shape index (κ2) is 7.96. The first kappa shape index (κ1) is 18.5. The number of likely N-dealkylation sites (N-methyl/N-ethyl adjacent to an activating group) is 1. The van der Waals surface area contributed by atoms with Crippen LogP contribution in [0.5, 0.6) is 0 Å². The lowest BCUT2D eigenvalue weighted by atomic mass is 9.97. The molecule has 0 spiro atoms. The van der Waals surface area contributed by atoms with E-state index in [1.165, 1.54) is 6.42 Å². The Morgan fingerprint density at radius 3 is 2.72 bits per heavy atom. The summed E-state index contributed by atoms with van der Waals surface area (Å²) in [6.45, 7) is 6.33. The maximum Gasteiger partial charge on any atom is 0.237 e. The number of anilines is 1. The third-order valence-electron chi connectivity index (χ3n) is 5.75. The van der Waals surface area contributed by atoms with Crippen LogP contribution in [0.2, 0.25) is 5.02 Å². The minimum absolute atomic E-state index is 0.0971. The van der Waals surface area contributed by atoms with Gasteiger partial charge in [-0.1, -0.05) is 37.6 Å². The van der Waals surface area contributed by atoms with Crippen molar-refractivity contribution in [3.63, 3.8) is 0 Å². The Balaban J connectivity index is 1.62. The molecule has 1 aliphatic carbocycles. The van der Waals surface area contributed by atoms with Gasteiger partial charge in [0.1, 0.15) is 0 Å². The van der Waals surface area contributed by atoms with Crippen LogP contribution >= 0.6 is 11.6 Å². The van der Waals surface area contributed by atoms with Crippen molar-refractivity contribution >= 4 is 23.2 Å². The fourth-order valence-electron chi connectivity index (χ4n) is 4.46. The van der Waals surface area contributed by atoms with Gasteiger partial charge < -0.3 is 15.5 Å². The zero-order chi connectivity index (χ0) is 18.0. The Hall–Kier alpha value is -1.26. The van der Waals surface area contributed by atoms with Crippen LogP contribution in [-0.2, 0) is 4.79 Å². The van der Waals surface area contributed by atoms with E-state index in [4.69, 9.17) is 11.6 Å². The van der Waals surface area contributed by atoms with Crippen LogP contribution in [0.3, 0.4) is 0 Å². The third-order valence-corrected chi connectivity index (χ3v) is 6.07. The molecule has 2 aliphatic rings. The first-order valence-corrected chi connectivity index (χ1v) is 9.84. The molecule has 138 valence electrons. The van der Waals surface area contributed by atoms with E-state index in [0.717, 1.165) is 36.6 Å². The number of benzene rings is 1. The van der Waals surface area contributed by atoms with E-state index in [1.54, 1.807) is 0 Å². The van der Waals surface area contributed by atoms with Gasteiger partial charge in [0.2, 0.25) is 5.91 Å². The minimum Gasteiger partial charge on any atom is -0.370 e. The van der Waals surface area contributed by atoms with Crippen LogP contribution in [0.15, 0.2) is 24.3 Å². The summed E-state index contributed by atoms with van der Waals surface area (Å²) < 4.78 is 0. The highest BCUT2D eigenvalue weighted by Gasteiger charge is 2.43. The molecule has 0 radical (unpaired) electrons. The number of fused-ring (bicyclic) bond motifs is 1. The number of amides is 1. The predicted octanol–water partition coefficient (Wildman–Crippen LogP) is 3.31. The highest BCUT2D eigenvalue weighted by Crippen LogP contribution is 2.41. The summed E-state index contributed by atoms with van der Waals surface area (Å²) in [6.07, 6.45) is 3.15. The summed E-state index contributed by atoms with van der Waals surface area (Å²) >= 11 is 6.37.